The minimum Gasteiger partial charge on any atom is -0.490 e. The van der Waals surface area contributed by atoms with Crippen molar-refractivity contribution >= 4 is 38.8 Å². The first kappa shape index (κ1) is 32.4. The number of aromatic nitrogens is 2. The van der Waals surface area contributed by atoms with Crippen LogP contribution in [0.4, 0.5) is 5.69 Å². The van der Waals surface area contributed by atoms with E-state index >= 15 is 0 Å². The molecule has 3 aromatic rings. The summed E-state index contributed by atoms with van der Waals surface area (Å²) in [6, 6.07) is 13.5. The van der Waals surface area contributed by atoms with Gasteiger partial charge < -0.3 is 14.7 Å². The number of carbonyl (C=O) groups excluding carboxylic acids is 1. The molecule has 1 fully saturated rings. The molecule has 47 heavy (non-hydrogen) atoms. The average Bonchev–Trinajstić information content (AvgIpc) is 3.19. The van der Waals surface area contributed by atoms with Crippen molar-refractivity contribution in [2.45, 2.75) is 81.5 Å². The number of nitrogens with one attached hydrogen (secondary N) is 1. The average molecular weight is 677 g/mol. The molecule has 1 saturated carbocycles. The lowest BCUT2D eigenvalue weighted by Crippen LogP contribution is -2.52. The van der Waals surface area contributed by atoms with Gasteiger partial charge in [-0.2, -0.15) is 0 Å². The van der Waals surface area contributed by atoms with E-state index in [2.05, 4.69) is 37.6 Å². The summed E-state index contributed by atoms with van der Waals surface area (Å²) < 4.78 is 23.3. The molecule has 10 heteroatoms. The second kappa shape index (κ2) is 12.4. The van der Waals surface area contributed by atoms with E-state index in [0.717, 1.165) is 55.0 Å². The first-order valence-corrected chi connectivity index (χ1v) is 19.1. The number of benzene rings is 2. The van der Waals surface area contributed by atoms with E-state index in [4.69, 9.17) is 16.3 Å². The van der Waals surface area contributed by atoms with E-state index in [0.29, 0.717) is 43.9 Å². The zero-order valence-electron chi connectivity index (χ0n) is 27.3. The Morgan fingerprint density at radius 3 is 2.66 bits per heavy atom. The summed E-state index contributed by atoms with van der Waals surface area (Å²) in [5, 5.41) is 12.9. The summed E-state index contributed by atoms with van der Waals surface area (Å²) in [6.45, 7) is 5.82. The molecule has 1 spiro atoms. The van der Waals surface area contributed by atoms with Crippen LogP contribution < -0.4 is 14.4 Å². The molecule has 2 aliphatic heterocycles. The number of amides is 1. The Kier molecular flexibility index (Phi) is 8.54. The van der Waals surface area contributed by atoms with Gasteiger partial charge in [0.05, 0.1) is 22.0 Å². The number of ether oxygens (including phenoxy) is 1. The first-order valence-electron chi connectivity index (χ1n) is 17.0. The maximum Gasteiger partial charge on any atom is 0.262 e. The fraction of sp³-hybridized carbons (Fsp3) is 0.514. The van der Waals surface area contributed by atoms with Crippen LogP contribution in [-0.4, -0.2) is 56.0 Å². The van der Waals surface area contributed by atoms with Gasteiger partial charge in [-0.1, -0.05) is 24.6 Å². The van der Waals surface area contributed by atoms with Crippen molar-refractivity contribution < 1.29 is 18.8 Å². The van der Waals surface area contributed by atoms with Crippen molar-refractivity contribution in [1.82, 2.24) is 14.7 Å². The third kappa shape index (κ3) is 5.93. The molecule has 0 saturated heterocycles. The molecule has 1 unspecified atom stereocenters. The van der Waals surface area contributed by atoms with Crippen LogP contribution in [0.15, 0.2) is 54.9 Å². The van der Waals surface area contributed by atoms with Gasteiger partial charge in [0.15, 0.2) is 5.82 Å². The highest BCUT2D eigenvalue weighted by Crippen LogP contribution is 2.51. The van der Waals surface area contributed by atoms with E-state index in [-0.39, 0.29) is 28.4 Å². The van der Waals surface area contributed by atoms with Crippen LogP contribution in [0, 0.1) is 17.8 Å². The Labute approximate surface area is 283 Å². The molecule has 8 nitrogen and oxygen atoms in total. The topological polar surface area (TPSA) is 105 Å². The zero-order chi connectivity index (χ0) is 33.0. The predicted octanol–water partition coefficient (Wildman–Crippen LogP) is 6.09. The molecule has 250 valence electrons. The summed E-state index contributed by atoms with van der Waals surface area (Å²) in [4.78, 5) is 25.2. The van der Waals surface area contributed by atoms with E-state index < -0.39 is 21.2 Å². The second-order valence-corrected chi connectivity index (χ2v) is 17.3. The molecule has 2 bridgehead atoms. The highest BCUT2D eigenvalue weighted by atomic mass is 35.5. The lowest BCUT2D eigenvalue weighted by atomic mass is 9.62. The standard InChI is InChI=1S/C37H45ClN4O4S/c1-24-7-4-16-37(44,35-39-17-6-18-40-35)31-12-9-28(31)21-42-22-36(15-5-8-26-19-29(38)11-13-30(26)36)23-46-33-14-10-27(20-32(33)42)34(43)41-47(3,45)25(24)2/h6,10-11,13-14,17-20,24-25,28,31,44H,3-5,7-9,12,15-16,21-23H2,1-2H3,(H,41,43,45)/t24-,25+,28-,31+,36-,37-,47?/m0/s1. The fourth-order valence-corrected chi connectivity index (χ4v) is 10.3. The molecule has 2 N–H and O–H groups in total. The van der Waals surface area contributed by atoms with Gasteiger partial charge >= 0.3 is 0 Å². The van der Waals surface area contributed by atoms with Crippen LogP contribution in [-0.2, 0) is 27.1 Å². The molecule has 7 rings (SSSR count). The fourth-order valence-electron chi connectivity index (χ4n) is 8.55. The van der Waals surface area contributed by atoms with Gasteiger partial charge in [0.2, 0.25) is 0 Å². The Morgan fingerprint density at radius 2 is 1.89 bits per heavy atom. The number of hydrogen-bond donors (Lipinski definition) is 2. The van der Waals surface area contributed by atoms with Gasteiger partial charge in [0.1, 0.15) is 11.4 Å². The Balaban J connectivity index is 1.33. The normalized spacial score (nSPS) is 34.2. The van der Waals surface area contributed by atoms with Crippen molar-refractivity contribution in [3.63, 3.8) is 0 Å². The zero-order valence-corrected chi connectivity index (χ0v) is 28.9. The molecule has 7 atom stereocenters. The largest absolute Gasteiger partial charge is 0.490 e. The van der Waals surface area contributed by atoms with E-state index in [1.165, 1.54) is 11.1 Å². The monoisotopic (exact) mass is 676 g/mol. The predicted molar refractivity (Wildman–Crippen MR) is 188 cm³/mol. The third-order valence-electron chi connectivity index (χ3n) is 11.6. The highest BCUT2D eigenvalue weighted by molar-refractivity contribution is 7.99. The minimum absolute atomic E-state index is 0.00622. The maximum atomic E-state index is 13.9. The van der Waals surface area contributed by atoms with Crippen molar-refractivity contribution in [2.24, 2.45) is 17.8 Å². The Bertz CT molecular complexity index is 1770. The molecular formula is C37H45ClN4O4S. The number of carbonyl (C=O) groups is 1. The summed E-state index contributed by atoms with van der Waals surface area (Å²) in [5.41, 5.74) is 2.33. The van der Waals surface area contributed by atoms with Crippen LogP contribution in [0.5, 0.6) is 5.75 Å². The van der Waals surface area contributed by atoms with Gasteiger partial charge in [0.25, 0.3) is 5.91 Å². The maximum absolute atomic E-state index is 13.9. The molecule has 3 heterocycles. The lowest BCUT2D eigenvalue weighted by Gasteiger charge is -2.49. The van der Waals surface area contributed by atoms with Gasteiger partial charge in [-0.3, -0.25) is 9.52 Å². The Hall–Kier alpha value is -3.14. The van der Waals surface area contributed by atoms with Gasteiger partial charge in [-0.05, 0) is 129 Å². The summed E-state index contributed by atoms with van der Waals surface area (Å²) in [6.07, 6.45) is 10.2. The number of anilines is 1. The van der Waals surface area contributed by atoms with Crippen LogP contribution in [0.3, 0.4) is 0 Å². The van der Waals surface area contributed by atoms with Crippen molar-refractivity contribution in [3.05, 3.63) is 82.4 Å². The molecule has 2 aliphatic carbocycles. The van der Waals surface area contributed by atoms with Gasteiger partial charge in [-0.25, -0.2) is 14.2 Å². The van der Waals surface area contributed by atoms with Gasteiger partial charge in [0, 0.05) is 46.7 Å². The van der Waals surface area contributed by atoms with Crippen molar-refractivity contribution in [3.8, 4) is 5.75 Å². The summed E-state index contributed by atoms with van der Waals surface area (Å²) in [7, 11) is -2.97. The number of rotatable bonds is 1. The molecule has 2 aromatic carbocycles. The quantitative estimate of drug-likeness (QED) is 0.301. The smallest absolute Gasteiger partial charge is 0.262 e. The van der Waals surface area contributed by atoms with E-state index in [1.807, 2.05) is 32.0 Å². The summed E-state index contributed by atoms with van der Waals surface area (Å²) >= 11 is 6.45. The number of hydrogen-bond acceptors (Lipinski definition) is 7. The van der Waals surface area contributed by atoms with Crippen molar-refractivity contribution in [1.29, 1.82) is 0 Å². The van der Waals surface area contributed by atoms with Crippen LogP contribution in [0.1, 0.15) is 86.1 Å². The SMILES string of the molecule is C=S1(=O)NC(=O)c2ccc3c(c2)N(C[C@@H]2CC[C@H]2[C@](O)(c2ncccn2)CCC[C@H](C)[C@H]1C)C[C@@]1(CCCc2cc(Cl)ccc21)CO3. The van der Waals surface area contributed by atoms with Gasteiger partial charge in [-0.15, -0.1) is 0 Å². The number of fused-ring (bicyclic) bond motifs is 4. The number of halogens is 1. The molecule has 0 radical (unpaired) electrons. The molecule has 1 amide bonds. The third-order valence-corrected chi connectivity index (χ3v) is 14.1. The van der Waals surface area contributed by atoms with Crippen LogP contribution >= 0.6 is 11.6 Å². The first-order chi connectivity index (χ1) is 22.5. The van der Waals surface area contributed by atoms with Crippen LogP contribution in [0.2, 0.25) is 5.02 Å². The molecule has 1 aromatic heterocycles. The summed E-state index contributed by atoms with van der Waals surface area (Å²) in [5.74, 6) is 4.95. The van der Waals surface area contributed by atoms with Crippen LogP contribution in [0.25, 0.3) is 0 Å². The van der Waals surface area contributed by atoms with Crippen molar-refractivity contribution in [2.75, 3.05) is 24.6 Å². The molecular weight excluding hydrogens is 632 g/mol. The van der Waals surface area contributed by atoms with E-state index in [9.17, 15) is 14.1 Å². The lowest BCUT2D eigenvalue weighted by molar-refractivity contribution is -0.101. The second-order valence-electron chi connectivity index (χ2n) is 14.5. The number of aryl methyl sites for hydroxylation is 1. The van der Waals surface area contributed by atoms with E-state index in [1.54, 1.807) is 24.5 Å². The highest BCUT2D eigenvalue weighted by Gasteiger charge is 2.51. The number of nitrogens with zero attached hydrogens (tertiary/aromatic N) is 3. The number of aliphatic hydroxyl groups is 1. The minimum atomic E-state index is -2.97. The Morgan fingerprint density at radius 1 is 1.09 bits per heavy atom. The molecule has 4 aliphatic rings.